The Bertz CT molecular complexity index is 767. The van der Waals surface area contributed by atoms with Gasteiger partial charge in [-0.15, -0.1) is 0 Å². The number of rotatable bonds is 4. The molecule has 2 aromatic rings. The van der Waals surface area contributed by atoms with Gasteiger partial charge >= 0.3 is 0 Å². The van der Waals surface area contributed by atoms with Gasteiger partial charge in [0.1, 0.15) is 0 Å². The van der Waals surface area contributed by atoms with E-state index in [0.29, 0.717) is 30.8 Å². The highest BCUT2D eigenvalue weighted by molar-refractivity contribution is 5.79. The zero-order valence-electron chi connectivity index (χ0n) is 15.2. The smallest absolute Gasteiger partial charge is 0.228 e. The van der Waals surface area contributed by atoms with Crippen LogP contribution >= 0.6 is 0 Å². The second-order valence-corrected chi connectivity index (χ2v) is 7.38. The molecule has 0 saturated carbocycles. The summed E-state index contributed by atoms with van der Waals surface area (Å²) >= 11 is 0. The number of carbonyl (C=O) groups excluding carboxylic acids is 1. The second kappa shape index (κ2) is 7.58. The largest absolute Gasteiger partial charge is 0.381 e. The zero-order chi connectivity index (χ0) is 17.9. The highest BCUT2D eigenvalue weighted by Gasteiger charge is 2.31. The molecule has 2 aliphatic rings. The van der Waals surface area contributed by atoms with Crippen molar-refractivity contribution in [3.8, 4) is 11.4 Å². The summed E-state index contributed by atoms with van der Waals surface area (Å²) in [5.74, 6) is 1.97. The molecule has 26 heavy (non-hydrogen) atoms. The van der Waals surface area contributed by atoms with E-state index in [1.807, 2.05) is 36.1 Å². The zero-order valence-corrected chi connectivity index (χ0v) is 15.2. The minimum atomic E-state index is 0.0461. The van der Waals surface area contributed by atoms with Crippen LogP contribution in [-0.4, -0.2) is 47.3 Å². The van der Waals surface area contributed by atoms with E-state index in [9.17, 15) is 4.79 Å². The molecule has 0 radical (unpaired) electrons. The van der Waals surface area contributed by atoms with Gasteiger partial charge in [-0.1, -0.05) is 29.4 Å². The molecule has 4 rings (SSSR count). The van der Waals surface area contributed by atoms with Gasteiger partial charge in [0.05, 0.1) is 12.5 Å². The van der Waals surface area contributed by atoms with Crippen molar-refractivity contribution in [3.63, 3.8) is 0 Å². The summed E-state index contributed by atoms with van der Waals surface area (Å²) in [7, 11) is 0. The number of nitrogens with zero attached hydrogens (tertiary/aromatic N) is 3. The number of ether oxygens (including phenoxy) is 1. The van der Waals surface area contributed by atoms with E-state index in [1.165, 1.54) is 0 Å². The van der Waals surface area contributed by atoms with Crippen LogP contribution in [0.1, 0.15) is 30.7 Å². The minimum Gasteiger partial charge on any atom is -0.381 e. The second-order valence-electron chi connectivity index (χ2n) is 7.38. The predicted octanol–water partition coefficient (Wildman–Crippen LogP) is 2.86. The average Bonchev–Trinajstić information content (AvgIpc) is 3.34. The Hall–Kier alpha value is -2.21. The Morgan fingerprint density at radius 3 is 3.00 bits per heavy atom. The Labute approximate surface area is 153 Å². The van der Waals surface area contributed by atoms with Crippen molar-refractivity contribution in [2.45, 2.75) is 32.6 Å². The lowest BCUT2D eigenvalue weighted by Crippen LogP contribution is -2.43. The third-order valence-electron chi connectivity index (χ3n) is 5.43. The predicted molar refractivity (Wildman–Crippen MR) is 96.4 cm³/mol. The van der Waals surface area contributed by atoms with Crippen molar-refractivity contribution >= 4 is 5.91 Å². The molecule has 2 aliphatic heterocycles. The summed E-state index contributed by atoms with van der Waals surface area (Å²) in [5.41, 5.74) is 2.14. The number of aryl methyl sites for hydroxylation is 1. The molecule has 6 nitrogen and oxygen atoms in total. The number of amides is 1. The molecule has 3 heterocycles. The SMILES string of the molecule is Cc1ccccc1-c1noc(C[C@@H]2CCCN(C(=O)[C@@H]3CCOC3)C2)n1. The molecule has 0 N–H and O–H groups in total. The molecule has 0 bridgehead atoms. The molecule has 1 aromatic carbocycles. The number of likely N-dealkylation sites (tertiary alicyclic amines) is 1. The first-order valence-electron chi connectivity index (χ1n) is 9.46. The van der Waals surface area contributed by atoms with Gasteiger partial charge in [0.25, 0.3) is 0 Å². The first-order chi connectivity index (χ1) is 12.7. The van der Waals surface area contributed by atoms with Crippen molar-refractivity contribution < 1.29 is 14.1 Å². The highest BCUT2D eigenvalue weighted by Crippen LogP contribution is 2.25. The van der Waals surface area contributed by atoms with Gasteiger partial charge in [-0.2, -0.15) is 4.98 Å². The fourth-order valence-corrected chi connectivity index (χ4v) is 3.94. The van der Waals surface area contributed by atoms with Gasteiger partial charge in [-0.25, -0.2) is 0 Å². The Morgan fingerprint density at radius 1 is 1.31 bits per heavy atom. The fraction of sp³-hybridized carbons (Fsp3) is 0.550. The lowest BCUT2D eigenvalue weighted by molar-refractivity contribution is -0.137. The third kappa shape index (κ3) is 3.65. The van der Waals surface area contributed by atoms with Gasteiger partial charge in [-0.3, -0.25) is 4.79 Å². The van der Waals surface area contributed by atoms with Crippen molar-refractivity contribution in [2.24, 2.45) is 11.8 Å². The number of benzene rings is 1. The van der Waals surface area contributed by atoms with Crippen LogP contribution in [0.25, 0.3) is 11.4 Å². The Kier molecular flexibility index (Phi) is 5.02. The van der Waals surface area contributed by atoms with Crippen LogP contribution < -0.4 is 0 Å². The monoisotopic (exact) mass is 355 g/mol. The summed E-state index contributed by atoms with van der Waals surface area (Å²) in [6.45, 7) is 4.95. The van der Waals surface area contributed by atoms with E-state index in [0.717, 1.165) is 49.9 Å². The van der Waals surface area contributed by atoms with Crippen molar-refractivity contribution in [2.75, 3.05) is 26.3 Å². The lowest BCUT2D eigenvalue weighted by atomic mass is 9.93. The minimum absolute atomic E-state index is 0.0461. The van der Waals surface area contributed by atoms with Crippen LogP contribution in [0.3, 0.4) is 0 Å². The summed E-state index contributed by atoms with van der Waals surface area (Å²) < 4.78 is 10.9. The molecule has 2 atom stereocenters. The van der Waals surface area contributed by atoms with Gasteiger partial charge in [-0.05, 0) is 37.7 Å². The van der Waals surface area contributed by atoms with Crippen LogP contribution in [0.5, 0.6) is 0 Å². The molecule has 1 amide bonds. The van der Waals surface area contributed by atoms with E-state index in [4.69, 9.17) is 9.26 Å². The first-order valence-corrected chi connectivity index (χ1v) is 9.46. The van der Waals surface area contributed by atoms with E-state index in [-0.39, 0.29) is 11.8 Å². The molecule has 1 aromatic heterocycles. The third-order valence-corrected chi connectivity index (χ3v) is 5.43. The number of hydrogen-bond donors (Lipinski definition) is 0. The maximum atomic E-state index is 12.6. The normalized spacial score (nSPS) is 23.3. The highest BCUT2D eigenvalue weighted by atomic mass is 16.5. The number of aromatic nitrogens is 2. The van der Waals surface area contributed by atoms with Gasteiger partial charge in [0, 0.05) is 31.7 Å². The van der Waals surface area contributed by atoms with Gasteiger partial charge in [0.15, 0.2) is 0 Å². The molecule has 6 heteroatoms. The van der Waals surface area contributed by atoms with Crippen LogP contribution in [0.4, 0.5) is 0 Å². The number of piperidine rings is 1. The van der Waals surface area contributed by atoms with Gasteiger partial charge < -0.3 is 14.2 Å². The molecule has 0 spiro atoms. The van der Waals surface area contributed by atoms with Crippen LogP contribution in [0.15, 0.2) is 28.8 Å². The van der Waals surface area contributed by atoms with Gasteiger partial charge in [0.2, 0.25) is 17.6 Å². The standard InChI is InChI=1S/C20H25N3O3/c1-14-5-2-3-7-17(14)19-21-18(26-22-19)11-15-6-4-9-23(12-15)20(24)16-8-10-25-13-16/h2-3,5,7,15-16H,4,6,8-13H2,1H3/t15-,16+/m0/s1. The van der Waals surface area contributed by atoms with Crippen LogP contribution in [-0.2, 0) is 16.0 Å². The maximum absolute atomic E-state index is 12.6. The summed E-state index contributed by atoms with van der Waals surface area (Å²) in [6.07, 6.45) is 3.70. The first kappa shape index (κ1) is 17.2. The van der Waals surface area contributed by atoms with Crippen molar-refractivity contribution in [1.29, 1.82) is 0 Å². The molecule has 2 saturated heterocycles. The topological polar surface area (TPSA) is 68.5 Å². The maximum Gasteiger partial charge on any atom is 0.228 e. The van der Waals surface area contributed by atoms with Crippen molar-refractivity contribution in [3.05, 3.63) is 35.7 Å². The molecular weight excluding hydrogens is 330 g/mol. The van der Waals surface area contributed by atoms with Crippen LogP contribution in [0, 0.1) is 18.8 Å². The van der Waals surface area contributed by atoms with Crippen molar-refractivity contribution in [1.82, 2.24) is 15.0 Å². The van der Waals surface area contributed by atoms with E-state index < -0.39 is 0 Å². The Balaban J connectivity index is 1.39. The molecular formula is C20H25N3O3. The lowest BCUT2D eigenvalue weighted by Gasteiger charge is -2.33. The molecule has 138 valence electrons. The number of hydrogen-bond acceptors (Lipinski definition) is 5. The molecule has 0 unspecified atom stereocenters. The summed E-state index contributed by atoms with van der Waals surface area (Å²) in [4.78, 5) is 19.2. The molecule has 2 fully saturated rings. The molecule has 0 aliphatic carbocycles. The Morgan fingerprint density at radius 2 is 2.19 bits per heavy atom. The van der Waals surface area contributed by atoms with E-state index >= 15 is 0 Å². The van der Waals surface area contributed by atoms with E-state index in [2.05, 4.69) is 10.1 Å². The summed E-state index contributed by atoms with van der Waals surface area (Å²) in [6, 6.07) is 8.04. The van der Waals surface area contributed by atoms with E-state index in [1.54, 1.807) is 0 Å². The number of carbonyl (C=O) groups is 1. The quantitative estimate of drug-likeness (QED) is 0.843. The average molecular weight is 355 g/mol. The van der Waals surface area contributed by atoms with Crippen LogP contribution in [0.2, 0.25) is 0 Å². The summed E-state index contributed by atoms with van der Waals surface area (Å²) in [5, 5.41) is 4.15. The fourth-order valence-electron chi connectivity index (χ4n) is 3.94.